The van der Waals surface area contributed by atoms with Crippen LogP contribution in [0.3, 0.4) is 0 Å². The molecule has 0 spiro atoms. The van der Waals surface area contributed by atoms with Crippen LogP contribution < -0.4 is 5.32 Å². The van der Waals surface area contributed by atoms with Gasteiger partial charge in [0, 0.05) is 12.6 Å². The molecule has 1 aromatic carbocycles. The maximum absolute atomic E-state index is 13.8. The molecule has 1 aliphatic heterocycles. The van der Waals surface area contributed by atoms with Gasteiger partial charge >= 0.3 is 6.09 Å². The molecule has 0 unspecified atom stereocenters. The Balaban J connectivity index is 1.76. The Hall–Kier alpha value is -2.73. The molecule has 7 nitrogen and oxygen atoms in total. The smallest absolute Gasteiger partial charge is 0.410 e. The minimum absolute atomic E-state index is 0.0166. The quantitative estimate of drug-likeness (QED) is 0.696. The van der Waals surface area contributed by atoms with Crippen molar-refractivity contribution in [2.75, 3.05) is 19.6 Å². The largest absolute Gasteiger partial charge is 0.444 e. The molecule has 1 N–H and O–H groups in total. The lowest BCUT2D eigenvalue weighted by molar-refractivity contribution is -0.142. The fourth-order valence-corrected chi connectivity index (χ4v) is 4.28. The summed E-state index contributed by atoms with van der Waals surface area (Å²) in [5, 5.41) is 13.3. The molecular weight excluding hydrogens is 430 g/mol. The van der Waals surface area contributed by atoms with E-state index < -0.39 is 28.9 Å². The highest BCUT2D eigenvalue weighted by atomic mass is 19.2. The molecule has 33 heavy (non-hydrogen) atoms. The van der Waals surface area contributed by atoms with Gasteiger partial charge in [-0.25, -0.2) is 13.6 Å². The lowest BCUT2D eigenvalue weighted by Crippen LogP contribution is -2.72. The topological polar surface area (TPSA) is 85.7 Å². The van der Waals surface area contributed by atoms with Gasteiger partial charge in [-0.15, -0.1) is 0 Å². The summed E-state index contributed by atoms with van der Waals surface area (Å²) in [6.07, 6.45) is 4.83. The number of amides is 2. The van der Waals surface area contributed by atoms with E-state index in [-0.39, 0.29) is 38.1 Å². The standard InChI is InChI=1S/C24H32F2N4O3/c1-23(2,3)33-22(32)29-15-24(14-27,16-29)30(13-17-9-10-19(25)20(26)11-17)21(31)12-28-18-7-5-4-6-8-18/h9-11,18,28H,4-8,12-13,15-16H2,1-3H3. The van der Waals surface area contributed by atoms with E-state index in [4.69, 9.17) is 4.74 Å². The first-order valence-electron chi connectivity index (χ1n) is 11.4. The van der Waals surface area contributed by atoms with Gasteiger partial charge in [-0.1, -0.05) is 25.3 Å². The first kappa shape index (κ1) is 24.9. The van der Waals surface area contributed by atoms with Crippen LogP contribution >= 0.6 is 0 Å². The maximum Gasteiger partial charge on any atom is 0.410 e. The molecule has 0 atom stereocenters. The van der Waals surface area contributed by atoms with Crippen molar-refractivity contribution in [2.24, 2.45) is 0 Å². The van der Waals surface area contributed by atoms with Crippen LogP contribution in [0.1, 0.15) is 58.4 Å². The summed E-state index contributed by atoms with van der Waals surface area (Å²) in [5.74, 6) is -2.32. The normalized spacial score (nSPS) is 18.2. The molecule has 2 fully saturated rings. The van der Waals surface area contributed by atoms with Crippen molar-refractivity contribution in [1.82, 2.24) is 15.1 Å². The van der Waals surface area contributed by atoms with Gasteiger partial charge in [0.25, 0.3) is 0 Å². The van der Waals surface area contributed by atoms with Crippen molar-refractivity contribution in [1.29, 1.82) is 5.26 Å². The Bertz CT molecular complexity index is 913. The second-order valence-electron chi connectivity index (χ2n) is 9.92. The number of hydrogen-bond acceptors (Lipinski definition) is 5. The second kappa shape index (κ2) is 10.0. The first-order chi connectivity index (χ1) is 15.5. The van der Waals surface area contributed by atoms with Crippen LogP contribution in [-0.2, 0) is 16.1 Å². The van der Waals surface area contributed by atoms with Crippen LogP contribution in [0.2, 0.25) is 0 Å². The summed E-state index contributed by atoms with van der Waals surface area (Å²) < 4.78 is 32.6. The van der Waals surface area contributed by atoms with E-state index in [1.54, 1.807) is 20.8 Å². The van der Waals surface area contributed by atoms with Crippen molar-refractivity contribution in [3.8, 4) is 6.07 Å². The molecule has 1 aromatic rings. The minimum Gasteiger partial charge on any atom is -0.444 e. The number of nitriles is 1. The van der Waals surface area contributed by atoms with Crippen LogP contribution in [0.4, 0.5) is 13.6 Å². The number of nitrogens with one attached hydrogen (secondary N) is 1. The molecule has 1 heterocycles. The zero-order valence-electron chi connectivity index (χ0n) is 19.5. The van der Waals surface area contributed by atoms with Gasteiger partial charge in [-0.05, 0) is 51.3 Å². The Kier molecular flexibility index (Phi) is 7.58. The van der Waals surface area contributed by atoms with Gasteiger partial charge in [0.2, 0.25) is 5.91 Å². The van der Waals surface area contributed by atoms with Gasteiger partial charge in [0.1, 0.15) is 5.60 Å². The van der Waals surface area contributed by atoms with E-state index in [1.165, 1.54) is 22.3 Å². The second-order valence-corrected chi connectivity index (χ2v) is 9.92. The van der Waals surface area contributed by atoms with E-state index >= 15 is 0 Å². The van der Waals surface area contributed by atoms with E-state index in [0.29, 0.717) is 5.56 Å². The molecule has 1 saturated carbocycles. The Morgan fingerprint density at radius 2 is 1.88 bits per heavy atom. The first-order valence-corrected chi connectivity index (χ1v) is 11.4. The number of nitrogens with zero attached hydrogens (tertiary/aromatic N) is 3. The van der Waals surface area contributed by atoms with E-state index in [2.05, 4.69) is 11.4 Å². The molecule has 0 radical (unpaired) electrons. The molecular formula is C24H32F2N4O3. The fraction of sp³-hybridized carbons (Fsp3) is 0.625. The van der Waals surface area contributed by atoms with Gasteiger partial charge in [0.15, 0.2) is 17.2 Å². The van der Waals surface area contributed by atoms with Crippen molar-refractivity contribution >= 4 is 12.0 Å². The van der Waals surface area contributed by atoms with Crippen LogP contribution in [0, 0.1) is 23.0 Å². The van der Waals surface area contributed by atoms with E-state index in [0.717, 1.165) is 37.8 Å². The highest BCUT2D eigenvalue weighted by Crippen LogP contribution is 2.31. The van der Waals surface area contributed by atoms with Gasteiger partial charge in [-0.3, -0.25) is 4.79 Å². The predicted molar refractivity (Wildman–Crippen MR) is 118 cm³/mol. The Morgan fingerprint density at radius 1 is 1.21 bits per heavy atom. The highest BCUT2D eigenvalue weighted by molar-refractivity contribution is 5.81. The molecule has 2 aliphatic rings. The summed E-state index contributed by atoms with van der Waals surface area (Å²) in [4.78, 5) is 28.4. The number of ether oxygens (including phenoxy) is 1. The molecule has 1 aliphatic carbocycles. The van der Waals surface area contributed by atoms with Crippen LogP contribution in [0.5, 0.6) is 0 Å². The van der Waals surface area contributed by atoms with Crippen molar-refractivity contribution in [3.63, 3.8) is 0 Å². The van der Waals surface area contributed by atoms with Crippen molar-refractivity contribution < 1.29 is 23.1 Å². The number of carbonyl (C=O) groups is 2. The summed E-state index contributed by atoms with van der Waals surface area (Å²) >= 11 is 0. The summed E-state index contributed by atoms with van der Waals surface area (Å²) in [7, 11) is 0. The highest BCUT2D eigenvalue weighted by Gasteiger charge is 2.53. The average molecular weight is 463 g/mol. The molecule has 180 valence electrons. The van der Waals surface area contributed by atoms with Gasteiger partial charge in [-0.2, -0.15) is 5.26 Å². The monoisotopic (exact) mass is 462 g/mol. The summed E-state index contributed by atoms with van der Waals surface area (Å²) in [6.45, 7) is 5.17. The van der Waals surface area contributed by atoms with Gasteiger partial charge in [0.05, 0.1) is 25.7 Å². The zero-order valence-corrected chi connectivity index (χ0v) is 19.5. The number of hydrogen-bond donors (Lipinski definition) is 1. The number of benzene rings is 1. The number of likely N-dealkylation sites (tertiary alicyclic amines) is 1. The molecule has 2 amide bonds. The average Bonchev–Trinajstić information content (AvgIpc) is 2.73. The maximum atomic E-state index is 13.8. The third-order valence-corrected chi connectivity index (χ3v) is 6.05. The van der Waals surface area contributed by atoms with Crippen molar-refractivity contribution in [2.45, 2.75) is 76.6 Å². The van der Waals surface area contributed by atoms with Crippen LogP contribution in [-0.4, -0.2) is 58.6 Å². The van der Waals surface area contributed by atoms with E-state index in [9.17, 15) is 23.6 Å². The number of carbonyl (C=O) groups excluding carboxylic acids is 2. The van der Waals surface area contributed by atoms with Crippen LogP contribution in [0.25, 0.3) is 0 Å². The Labute approximate surface area is 193 Å². The lowest BCUT2D eigenvalue weighted by Gasteiger charge is -2.51. The fourth-order valence-electron chi connectivity index (χ4n) is 4.28. The number of halogens is 2. The predicted octanol–water partition coefficient (Wildman–Crippen LogP) is 3.73. The van der Waals surface area contributed by atoms with E-state index in [1.807, 2.05) is 0 Å². The summed E-state index contributed by atoms with van der Waals surface area (Å²) in [5.41, 5.74) is -1.59. The Morgan fingerprint density at radius 3 is 2.45 bits per heavy atom. The van der Waals surface area contributed by atoms with Crippen molar-refractivity contribution in [3.05, 3.63) is 35.4 Å². The SMILES string of the molecule is CC(C)(C)OC(=O)N1CC(C#N)(N(Cc2ccc(F)c(F)c2)C(=O)CNC2CCCCC2)C1. The minimum atomic E-state index is -1.27. The third kappa shape index (κ3) is 6.20. The zero-order chi connectivity index (χ0) is 24.2. The molecule has 9 heteroatoms. The molecule has 3 rings (SSSR count). The van der Waals surface area contributed by atoms with Gasteiger partial charge < -0.3 is 19.9 Å². The number of rotatable bonds is 6. The molecule has 0 bridgehead atoms. The molecule has 0 aromatic heterocycles. The lowest BCUT2D eigenvalue weighted by atomic mass is 9.88. The van der Waals surface area contributed by atoms with Crippen LogP contribution in [0.15, 0.2) is 18.2 Å². The summed E-state index contributed by atoms with van der Waals surface area (Å²) in [6, 6.07) is 5.85. The third-order valence-electron chi connectivity index (χ3n) is 6.05. The molecule has 1 saturated heterocycles.